The molecule has 1 aromatic heterocycles. The number of hydrogen-bond donors (Lipinski definition) is 0. The maximum atomic E-state index is 10.7. The van der Waals surface area contributed by atoms with Crippen molar-refractivity contribution in [2.75, 3.05) is 5.75 Å². The molecule has 0 atom stereocenters. The summed E-state index contributed by atoms with van der Waals surface area (Å²) in [5, 5.41) is 4.17. The largest absolute Gasteiger partial charge is 0.267 e. The molecule has 0 aliphatic rings. The van der Waals surface area contributed by atoms with Crippen LogP contribution < -0.4 is 0 Å². The summed E-state index contributed by atoms with van der Waals surface area (Å²) < 4.78 is 23.3. The van der Waals surface area contributed by atoms with Crippen LogP contribution in [0.5, 0.6) is 0 Å². The van der Waals surface area contributed by atoms with Crippen molar-refractivity contribution in [3.63, 3.8) is 0 Å². The van der Waals surface area contributed by atoms with Gasteiger partial charge < -0.3 is 0 Å². The Morgan fingerprint density at radius 3 is 2.47 bits per heavy atom. The van der Waals surface area contributed by atoms with Crippen LogP contribution in [0.1, 0.15) is 26.3 Å². The molecule has 0 unspecified atom stereocenters. The number of halogens is 1. The van der Waals surface area contributed by atoms with E-state index >= 15 is 0 Å². The molecule has 0 aliphatic carbocycles. The predicted octanol–water partition coefficient (Wildman–Crippen LogP) is 1.75. The molecule has 0 saturated carbocycles. The molecule has 0 fully saturated rings. The molecule has 1 rings (SSSR count). The van der Waals surface area contributed by atoms with Crippen LogP contribution in [0.2, 0.25) is 0 Å². The number of aromatic nitrogens is 2. The lowest BCUT2D eigenvalue weighted by molar-refractivity contribution is 0.355. The summed E-state index contributed by atoms with van der Waals surface area (Å²) in [4.78, 5) is 0. The first-order valence-corrected chi connectivity index (χ1v) is 7.13. The van der Waals surface area contributed by atoms with Gasteiger partial charge in [-0.1, -0.05) is 0 Å². The van der Waals surface area contributed by atoms with Crippen LogP contribution in [0.25, 0.3) is 0 Å². The first-order chi connectivity index (χ1) is 6.68. The lowest BCUT2D eigenvalue weighted by atomic mass is 10.1. The van der Waals surface area contributed by atoms with Gasteiger partial charge in [0.15, 0.2) is 0 Å². The van der Waals surface area contributed by atoms with Crippen LogP contribution in [0.4, 0.5) is 0 Å². The van der Waals surface area contributed by atoms with E-state index in [2.05, 4.69) is 5.10 Å². The van der Waals surface area contributed by atoms with Gasteiger partial charge in [0.1, 0.15) is 0 Å². The lowest BCUT2D eigenvalue weighted by Crippen LogP contribution is -2.21. The second-order valence-electron chi connectivity index (χ2n) is 4.46. The van der Waals surface area contributed by atoms with Crippen LogP contribution >= 0.6 is 10.7 Å². The Morgan fingerprint density at radius 2 is 2.07 bits per heavy atom. The fraction of sp³-hybridized carbons (Fsp3) is 0.667. The van der Waals surface area contributed by atoms with Crippen molar-refractivity contribution in [3.8, 4) is 0 Å². The Balaban J connectivity index is 2.70. The Labute approximate surface area is 94.7 Å². The highest BCUT2D eigenvalue weighted by Crippen LogP contribution is 2.14. The standard InChI is InChI=1S/C9H15ClN2O2S/c1-9(2,3)12-7-8(6-11-12)4-5-15(10,13)14/h6-7H,4-5H2,1-3H3. The minimum absolute atomic E-state index is 0.0512. The highest BCUT2D eigenvalue weighted by molar-refractivity contribution is 8.13. The summed E-state index contributed by atoms with van der Waals surface area (Å²) in [6.45, 7) is 6.09. The molecule has 0 amide bonds. The summed E-state index contributed by atoms with van der Waals surface area (Å²) in [6.07, 6.45) is 3.93. The molecule has 0 bridgehead atoms. The Morgan fingerprint density at radius 1 is 1.47 bits per heavy atom. The van der Waals surface area contributed by atoms with Gasteiger partial charge in [-0.3, -0.25) is 4.68 Å². The fourth-order valence-electron chi connectivity index (χ4n) is 1.10. The third-order valence-electron chi connectivity index (χ3n) is 1.96. The van der Waals surface area contributed by atoms with E-state index in [1.165, 1.54) is 0 Å². The quantitative estimate of drug-likeness (QED) is 0.768. The average Bonchev–Trinajstić information content (AvgIpc) is 2.45. The summed E-state index contributed by atoms with van der Waals surface area (Å²) in [5.41, 5.74) is 0.798. The molecular formula is C9H15ClN2O2S. The van der Waals surface area contributed by atoms with E-state index in [4.69, 9.17) is 10.7 Å². The van der Waals surface area contributed by atoms with E-state index in [9.17, 15) is 8.42 Å². The first kappa shape index (κ1) is 12.5. The molecule has 0 aromatic carbocycles. The van der Waals surface area contributed by atoms with Crippen molar-refractivity contribution in [2.45, 2.75) is 32.7 Å². The van der Waals surface area contributed by atoms with Gasteiger partial charge in [-0.2, -0.15) is 5.10 Å². The molecule has 4 nitrogen and oxygen atoms in total. The van der Waals surface area contributed by atoms with Gasteiger partial charge in [0, 0.05) is 16.9 Å². The minimum Gasteiger partial charge on any atom is -0.267 e. The second-order valence-corrected chi connectivity index (χ2v) is 7.35. The van der Waals surface area contributed by atoms with Gasteiger partial charge in [-0.05, 0) is 32.8 Å². The molecule has 1 heterocycles. The molecule has 0 spiro atoms. The number of hydrogen-bond acceptors (Lipinski definition) is 3. The van der Waals surface area contributed by atoms with Crippen LogP contribution in [-0.4, -0.2) is 24.0 Å². The van der Waals surface area contributed by atoms with Crippen molar-refractivity contribution >= 4 is 19.7 Å². The predicted molar refractivity (Wildman–Crippen MR) is 60.6 cm³/mol. The molecule has 15 heavy (non-hydrogen) atoms. The summed E-state index contributed by atoms with van der Waals surface area (Å²) in [5.74, 6) is -0.0512. The zero-order chi connectivity index (χ0) is 11.7. The van der Waals surface area contributed by atoms with Gasteiger partial charge in [0.2, 0.25) is 9.05 Å². The molecule has 6 heteroatoms. The van der Waals surface area contributed by atoms with E-state index in [0.29, 0.717) is 6.42 Å². The van der Waals surface area contributed by atoms with Crippen LogP contribution in [0.15, 0.2) is 12.4 Å². The number of nitrogens with zero attached hydrogens (tertiary/aromatic N) is 2. The lowest BCUT2D eigenvalue weighted by Gasteiger charge is -2.18. The van der Waals surface area contributed by atoms with E-state index < -0.39 is 9.05 Å². The van der Waals surface area contributed by atoms with Crippen LogP contribution in [0.3, 0.4) is 0 Å². The summed E-state index contributed by atoms with van der Waals surface area (Å²) in [7, 11) is 1.71. The van der Waals surface area contributed by atoms with Gasteiger partial charge in [-0.15, -0.1) is 0 Å². The molecule has 0 aliphatic heterocycles. The highest BCUT2D eigenvalue weighted by atomic mass is 35.7. The molecular weight excluding hydrogens is 236 g/mol. The molecule has 0 radical (unpaired) electrons. The highest BCUT2D eigenvalue weighted by Gasteiger charge is 2.14. The number of aryl methyl sites for hydroxylation is 1. The van der Waals surface area contributed by atoms with Crippen molar-refractivity contribution < 1.29 is 8.42 Å². The minimum atomic E-state index is -3.41. The summed E-state index contributed by atoms with van der Waals surface area (Å²) >= 11 is 0. The smallest absolute Gasteiger partial charge is 0.232 e. The second kappa shape index (κ2) is 4.14. The zero-order valence-electron chi connectivity index (χ0n) is 9.07. The van der Waals surface area contributed by atoms with E-state index in [-0.39, 0.29) is 11.3 Å². The maximum absolute atomic E-state index is 10.7. The van der Waals surface area contributed by atoms with Crippen LogP contribution in [-0.2, 0) is 21.0 Å². The van der Waals surface area contributed by atoms with Crippen molar-refractivity contribution in [1.82, 2.24) is 9.78 Å². The SMILES string of the molecule is CC(C)(C)n1cc(CCS(=O)(=O)Cl)cn1. The van der Waals surface area contributed by atoms with Crippen molar-refractivity contribution in [1.29, 1.82) is 0 Å². The van der Waals surface area contributed by atoms with E-state index in [1.54, 1.807) is 6.20 Å². The first-order valence-electron chi connectivity index (χ1n) is 4.65. The van der Waals surface area contributed by atoms with E-state index in [0.717, 1.165) is 5.56 Å². The van der Waals surface area contributed by atoms with Gasteiger partial charge in [-0.25, -0.2) is 8.42 Å². The van der Waals surface area contributed by atoms with Gasteiger partial charge in [0.25, 0.3) is 0 Å². The number of rotatable bonds is 3. The Kier molecular flexibility index (Phi) is 3.45. The van der Waals surface area contributed by atoms with Crippen LogP contribution in [0, 0.1) is 0 Å². The maximum Gasteiger partial charge on any atom is 0.232 e. The monoisotopic (exact) mass is 250 g/mol. The molecule has 1 aromatic rings. The van der Waals surface area contributed by atoms with Crippen molar-refractivity contribution in [2.24, 2.45) is 0 Å². The van der Waals surface area contributed by atoms with Crippen molar-refractivity contribution in [3.05, 3.63) is 18.0 Å². The van der Waals surface area contributed by atoms with E-state index in [1.807, 2.05) is 31.6 Å². The molecule has 0 N–H and O–H groups in total. The topological polar surface area (TPSA) is 52.0 Å². The average molecular weight is 251 g/mol. The zero-order valence-corrected chi connectivity index (χ0v) is 10.6. The van der Waals surface area contributed by atoms with Gasteiger partial charge in [0.05, 0.1) is 17.5 Å². The normalized spacial score (nSPS) is 13.1. The molecule has 0 saturated heterocycles. The Hall–Kier alpha value is -0.550. The molecule has 86 valence electrons. The fourth-order valence-corrected chi connectivity index (χ4v) is 1.81. The third-order valence-corrected chi connectivity index (χ3v) is 3.11. The third kappa shape index (κ3) is 4.22. The Bertz CT molecular complexity index is 431. The summed E-state index contributed by atoms with van der Waals surface area (Å²) in [6, 6.07) is 0. The van der Waals surface area contributed by atoms with Gasteiger partial charge >= 0.3 is 0 Å².